The third kappa shape index (κ3) is 6.13. The number of nitrogens with zero attached hydrogens (tertiary/aromatic N) is 1. The number of hydrogen-bond acceptors (Lipinski definition) is 4. The lowest BCUT2D eigenvalue weighted by Crippen LogP contribution is -2.37. The molecule has 0 aliphatic carbocycles. The van der Waals surface area contributed by atoms with Gasteiger partial charge < -0.3 is 20.6 Å². The van der Waals surface area contributed by atoms with Crippen LogP contribution in [0.15, 0.2) is 24.3 Å². The van der Waals surface area contributed by atoms with Crippen LogP contribution in [-0.4, -0.2) is 48.2 Å². The highest BCUT2D eigenvalue weighted by molar-refractivity contribution is 5.88. The molecule has 0 saturated carbocycles. The number of aliphatic hydroxyl groups excluding tert-OH is 1. The van der Waals surface area contributed by atoms with Gasteiger partial charge in [0.05, 0.1) is 6.10 Å². The molecule has 0 unspecified atom stereocenters. The number of anilines is 1. The predicted octanol–water partition coefficient (Wildman–Crippen LogP) is 1.58. The van der Waals surface area contributed by atoms with Gasteiger partial charge in [-0.1, -0.05) is 12.1 Å². The van der Waals surface area contributed by atoms with Gasteiger partial charge in [0, 0.05) is 32.2 Å². The lowest BCUT2D eigenvalue weighted by molar-refractivity contribution is -0.114. The van der Waals surface area contributed by atoms with Crippen LogP contribution in [0.25, 0.3) is 0 Å². The Morgan fingerprint density at radius 2 is 1.95 bits per heavy atom. The minimum atomic E-state index is -0.0881. The highest BCUT2D eigenvalue weighted by Crippen LogP contribution is 2.10. The van der Waals surface area contributed by atoms with Crippen molar-refractivity contribution < 1.29 is 9.90 Å². The Bertz CT molecular complexity index is 453. The van der Waals surface area contributed by atoms with Gasteiger partial charge in [-0.25, -0.2) is 0 Å². The Kier molecular flexibility index (Phi) is 6.83. The third-order valence-electron chi connectivity index (χ3n) is 3.99. The number of rotatable bonds is 7. The summed E-state index contributed by atoms with van der Waals surface area (Å²) in [6.45, 7) is 6.49. The molecular weight excluding hydrogens is 278 g/mol. The molecule has 5 heteroatoms. The first kappa shape index (κ1) is 16.9. The number of piperidine rings is 1. The van der Waals surface area contributed by atoms with Crippen LogP contribution in [0.1, 0.15) is 31.7 Å². The van der Waals surface area contributed by atoms with Crippen molar-refractivity contribution in [2.75, 3.05) is 31.5 Å². The molecule has 3 N–H and O–H groups in total. The van der Waals surface area contributed by atoms with Crippen LogP contribution in [0, 0.1) is 0 Å². The first-order valence-corrected chi connectivity index (χ1v) is 8.11. The molecule has 1 aromatic rings. The van der Waals surface area contributed by atoms with Crippen molar-refractivity contribution in [2.24, 2.45) is 0 Å². The van der Waals surface area contributed by atoms with Crippen molar-refractivity contribution in [2.45, 2.75) is 38.8 Å². The average Bonchev–Trinajstić information content (AvgIpc) is 2.50. The predicted molar refractivity (Wildman–Crippen MR) is 88.8 cm³/mol. The second-order valence-corrected chi connectivity index (χ2v) is 5.98. The Labute approximate surface area is 132 Å². The average molecular weight is 305 g/mol. The van der Waals surface area contributed by atoms with E-state index in [9.17, 15) is 9.90 Å². The number of benzene rings is 1. The molecule has 0 radical (unpaired) electrons. The highest BCUT2D eigenvalue weighted by Gasteiger charge is 2.15. The molecule has 0 atom stereocenters. The number of carbonyl (C=O) groups is 1. The van der Waals surface area contributed by atoms with Crippen LogP contribution in [0.5, 0.6) is 0 Å². The van der Waals surface area contributed by atoms with Crippen LogP contribution in [0.2, 0.25) is 0 Å². The van der Waals surface area contributed by atoms with Crippen LogP contribution in [0.4, 0.5) is 5.69 Å². The summed E-state index contributed by atoms with van der Waals surface area (Å²) in [6, 6.07) is 7.92. The van der Waals surface area contributed by atoms with Gasteiger partial charge in [-0.05, 0) is 50.0 Å². The number of carbonyl (C=O) groups excluding carboxylic acids is 1. The van der Waals surface area contributed by atoms with Crippen molar-refractivity contribution >= 4 is 11.6 Å². The molecule has 1 aromatic carbocycles. The smallest absolute Gasteiger partial charge is 0.221 e. The van der Waals surface area contributed by atoms with Gasteiger partial charge in [-0.3, -0.25) is 4.79 Å². The number of amides is 1. The monoisotopic (exact) mass is 305 g/mol. The summed E-state index contributed by atoms with van der Waals surface area (Å²) >= 11 is 0. The fourth-order valence-electron chi connectivity index (χ4n) is 2.71. The second kappa shape index (κ2) is 8.88. The van der Waals surface area contributed by atoms with Gasteiger partial charge in [-0.15, -0.1) is 0 Å². The van der Waals surface area contributed by atoms with Crippen molar-refractivity contribution in [3.05, 3.63) is 29.8 Å². The second-order valence-electron chi connectivity index (χ2n) is 5.98. The number of likely N-dealkylation sites (tertiary alicyclic amines) is 1. The molecule has 1 fully saturated rings. The summed E-state index contributed by atoms with van der Waals surface area (Å²) in [7, 11) is 0. The van der Waals surface area contributed by atoms with Crippen molar-refractivity contribution in [1.82, 2.24) is 10.2 Å². The van der Waals surface area contributed by atoms with Crippen molar-refractivity contribution in [3.63, 3.8) is 0 Å². The van der Waals surface area contributed by atoms with Crippen molar-refractivity contribution in [1.29, 1.82) is 0 Å². The van der Waals surface area contributed by atoms with Gasteiger partial charge in [0.15, 0.2) is 0 Å². The number of aliphatic hydroxyl groups is 1. The Morgan fingerprint density at radius 3 is 2.59 bits per heavy atom. The lowest BCUT2D eigenvalue weighted by atomic mass is 10.1. The van der Waals surface area contributed by atoms with E-state index in [2.05, 4.69) is 15.5 Å². The summed E-state index contributed by atoms with van der Waals surface area (Å²) in [6.07, 6.45) is 2.86. The number of hydrogen-bond donors (Lipinski definition) is 3. The fraction of sp³-hybridized carbons (Fsp3) is 0.588. The lowest BCUT2D eigenvalue weighted by Gasteiger charge is -2.29. The first-order valence-electron chi connectivity index (χ1n) is 8.11. The third-order valence-corrected chi connectivity index (χ3v) is 3.99. The Morgan fingerprint density at radius 1 is 1.27 bits per heavy atom. The molecule has 0 spiro atoms. The van der Waals surface area contributed by atoms with Crippen molar-refractivity contribution in [3.8, 4) is 0 Å². The van der Waals surface area contributed by atoms with Gasteiger partial charge in [0.1, 0.15) is 0 Å². The maximum atomic E-state index is 10.9. The van der Waals surface area contributed by atoms with Crippen LogP contribution in [0.3, 0.4) is 0 Å². The molecule has 2 rings (SSSR count). The maximum Gasteiger partial charge on any atom is 0.221 e. The molecule has 1 saturated heterocycles. The van der Waals surface area contributed by atoms with E-state index >= 15 is 0 Å². The van der Waals surface area contributed by atoms with Crippen LogP contribution >= 0.6 is 0 Å². The van der Waals surface area contributed by atoms with Crippen LogP contribution < -0.4 is 10.6 Å². The molecule has 5 nitrogen and oxygen atoms in total. The molecular formula is C17H27N3O2. The van der Waals surface area contributed by atoms with E-state index in [0.717, 1.165) is 57.7 Å². The van der Waals surface area contributed by atoms with E-state index in [0.29, 0.717) is 0 Å². The number of nitrogens with one attached hydrogen (secondary N) is 2. The zero-order valence-corrected chi connectivity index (χ0v) is 13.3. The van der Waals surface area contributed by atoms with Crippen LogP contribution in [-0.2, 0) is 11.3 Å². The zero-order valence-electron chi connectivity index (χ0n) is 13.3. The van der Waals surface area contributed by atoms with E-state index in [4.69, 9.17) is 0 Å². The molecule has 0 bridgehead atoms. The topological polar surface area (TPSA) is 64.6 Å². The van der Waals surface area contributed by atoms with E-state index < -0.39 is 0 Å². The first-order chi connectivity index (χ1) is 10.6. The van der Waals surface area contributed by atoms with E-state index in [1.165, 1.54) is 12.5 Å². The summed E-state index contributed by atoms with van der Waals surface area (Å²) in [5.74, 6) is -0.0453. The maximum absolute atomic E-state index is 10.9. The molecule has 22 heavy (non-hydrogen) atoms. The van der Waals surface area contributed by atoms with Gasteiger partial charge >= 0.3 is 0 Å². The van der Waals surface area contributed by atoms with Gasteiger partial charge in [0.2, 0.25) is 5.91 Å². The molecule has 0 aromatic heterocycles. The van der Waals surface area contributed by atoms with E-state index in [1.54, 1.807) is 0 Å². The van der Waals surface area contributed by atoms with E-state index in [-0.39, 0.29) is 12.0 Å². The van der Waals surface area contributed by atoms with Gasteiger partial charge in [-0.2, -0.15) is 0 Å². The quantitative estimate of drug-likeness (QED) is 0.669. The van der Waals surface area contributed by atoms with Gasteiger partial charge in [0.25, 0.3) is 0 Å². The summed E-state index contributed by atoms with van der Waals surface area (Å²) < 4.78 is 0. The standard InChI is InChI=1S/C17H27N3O2/c1-14(21)19-16-5-3-15(4-6-16)13-18-9-2-10-20-11-7-17(22)8-12-20/h3-6,17-18,22H,2,7-13H2,1H3,(H,19,21). The molecule has 1 amide bonds. The normalized spacial score (nSPS) is 16.6. The largest absolute Gasteiger partial charge is 0.393 e. The minimum Gasteiger partial charge on any atom is -0.393 e. The zero-order chi connectivity index (χ0) is 15.8. The molecule has 1 aliphatic rings. The molecule has 1 aliphatic heterocycles. The molecule has 1 heterocycles. The minimum absolute atomic E-state index is 0.0453. The highest BCUT2D eigenvalue weighted by atomic mass is 16.3. The summed E-state index contributed by atoms with van der Waals surface area (Å²) in [5.41, 5.74) is 2.05. The fourth-order valence-corrected chi connectivity index (χ4v) is 2.71. The summed E-state index contributed by atoms with van der Waals surface area (Å²) in [4.78, 5) is 13.4. The van der Waals surface area contributed by atoms with E-state index in [1.807, 2.05) is 24.3 Å². The SMILES string of the molecule is CC(=O)Nc1ccc(CNCCCN2CCC(O)CC2)cc1. The Balaban J connectivity index is 1.57. The molecule has 122 valence electrons. The Hall–Kier alpha value is -1.43. The summed E-state index contributed by atoms with van der Waals surface area (Å²) in [5, 5.41) is 15.7.